The Kier molecular flexibility index (Phi) is 3.38. The number of rotatable bonds is 4. The van der Waals surface area contributed by atoms with E-state index in [9.17, 15) is 14.4 Å². The first-order valence-corrected chi connectivity index (χ1v) is 4.46. The predicted octanol–water partition coefficient (Wildman–Crippen LogP) is 0.332. The molecule has 0 radical (unpaired) electrons. The Morgan fingerprint density at radius 1 is 1.40 bits per heavy atom. The first kappa shape index (κ1) is 11.2. The van der Waals surface area contributed by atoms with Crippen molar-refractivity contribution in [2.45, 2.75) is 13.3 Å². The van der Waals surface area contributed by atoms with Crippen LogP contribution in [0.4, 0.5) is 0 Å². The molecular weight excluding hydrogens is 198 g/mol. The Labute approximate surface area is 86.7 Å². The molecule has 5 nitrogen and oxygen atoms in total. The Morgan fingerprint density at radius 3 is 2.40 bits per heavy atom. The molecule has 80 valence electrons. The maximum atomic E-state index is 11.1. The number of carboxylic acids is 1. The van der Waals surface area contributed by atoms with Crippen molar-refractivity contribution in [3.63, 3.8) is 0 Å². The van der Waals surface area contributed by atoms with Gasteiger partial charge in [-0.2, -0.15) is 0 Å². The topological polar surface area (TPSA) is 74.7 Å². The number of carbonyl (C=O) groups excluding carboxylic acids is 2. The molecule has 0 aliphatic carbocycles. The molecule has 2 amide bonds. The summed E-state index contributed by atoms with van der Waals surface area (Å²) in [5.74, 6) is -1.69. The third-order valence-electron chi connectivity index (χ3n) is 2.04. The molecule has 1 N–H and O–H groups in total. The molecule has 0 saturated carbocycles. The molecular formula is C10H11NO4. The number of nitrogens with zero attached hydrogens (tertiary/aromatic N) is 1. The number of carbonyl (C=O) groups is 3. The number of hydrogen-bond acceptors (Lipinski definition) is 3. The summed E-state index contributed by atoms with van der Waals surface area (Å²) in [4.78, 5) is 33.7. The van der Waals surface area contributed by atoms with Gasteiger partial charge in [0.15, 0.2) is 0 Å². The van der Waals surface area contributed by atoms with Gasteiger partial charge in [0.25, 0.3) is 11.8 Å². The van der Waals surface area contributed by atoms with Gasteiger partial charge in [-0.1, -0.05) is 6.08 Å². The molecule has 0 aromatic heterocycles. The van der Waals surface area contributed by atoms with Gasteiger partial charge < -0.3 is 5.11 Å². The highest BCUT2D eigenvalue weighted by Crippen LogP contribution is 2.05. The summed E-state index contributed by atoms with van der Waals surface area (Å²) >= 11 is 0. The van der Waals surface area contributed by atoms with Gasteiger partial charge in [-0.15, -0.1) is 0 Å². The molecule has 0 aromatic rings. The number of carboxylic acid groups (broad SMARTS) is 1. The van der Waals surface area contributed by atoms with Crippen molar-refractivity contribution in [3.8, 4) is 0 Å². The smallest absolute Gasteiger partial charge is 0.330 e. The summed E-state index contributed by atoms with van der Waals surface area (Å²) in [5, 5.41) is 8.55. The van der Waals surface area contributed by atoms with E-state index >= 15 is 0 Å². The van der Waals surface area contributed by atoms with Crippen LogP contribution in [0.1, 0.15) is 13.3 Å². The number of amides is 2. The summed E-state index contributed by atoms with van der Waals surface area (Å²) in [7, 11) is 0. The Hall–Kier alpha value is -1.91. The quantitative estimate of drug-likeness (QED) is 0.535. The van der Waals surface area contributed by atoms with Crippen molar-refractivity contribution >= 4 is 17.8 Å². The Balaban J connectivity index is 2.45. The minimum Gasteiger partial charge on any atom is -0.478 e. The maximum Gasteiger partial charge on any atom is 0.330 e. The SMILES string of the molecule is CC(=CCCN1C(=O)C=CC1=O)C(=O)O. The van der Waals surface area contributed by atoms with E-state index in [1.165, 1.54) is 25.2 Å². The van der Waals surface area contributed by atoms with Crippen molar-refractivity contribution in [1.82, 2.24) is 4.90 Å². The number of aliphatic carboxylic acids is 1. The minimum atomic E-state index is -0.993. The molecule has 0 aromatic carbocycles. The van der Waals surface area contributed by atoms with Crippen LogP contribution in [0.15, 0.2) is 23.8 Å². The van der Waals surface area contributed by atoms with E-state index in [1.54, 1.807) is 0 Å². The van der Waals surface area contributed by atoms with Crippen LogP contribution in [-0.2, 0) is 14.4 Å². The summed E-state index contributed by atoms with van der Waals surface area (Å²) in [5.41, 5.74) is 0.210. The fourth-order valence-electron chi connectivity index (χ4n) is 1.15. The summed E-state index contributed by atoms with van der Waals surface area (Å²) in [6.07, 6.45) is 4.25. The monoisotopic (exact) mass is 209 g/mol. The maximum absolute atomic E-state index is 11.1. The van der Waals surface area contributed by atoms with Crippen molar-refractivity contribution in [2.75, 3.05) is 6.54 Å². The van der Waals surface area contributed by atoms with Crippen LogP contribution in [-0.4, -0.2) is 34.3 Å². The first-order valence-electron chi connectivity index (χ1n) is 4.46. The summed E-state index contributed by atoms with van der Waals surface area (Å²) < 4.78 is 0. The molecule has 1 heterocycles. The lowest BCUT2D eigenvalue weighted by atomic mass is 10.2. The second-order valence-electron chi connectivity index (χ2n) is 3.14. The van der Waals surface area contributed by atoms with E-state index in [1.807, 2.05) is 0 Å². The van der Waals surface area contributed by atoms with Gasteiger partial charge in [-0.05, 0) is 13.3 Å². The van der Waals surface area contributed by atoms with E-state index in [2.05, 4.69) is 0 Å². The molecule has 0 bridgehead atoms. The normalized spacial score (nSPS) is 16.3. The lowest BCUT2D eigenvalue weighted by molar-refractivity contribution is -0.136. The third kappa shape index (κ3) is 2.77. The minimum absolute atomic E-state index is 0.210. The Bertz CT molecular complexity index is 350. The van der Waals surface area contributed by atoms with Crippen molar-refractivity contribution in [1.29, 1.82) is 0 Å². The molecule has 5 heteroatoms. The third-order valence-corrected chi connectivity index (χ3v) is 2.04. The zero-order valence-electron chi connectivity index (χ0n) is 8.27. The van der Waals surface area contributed by atoms with Gasteiger partial charge in [0.1, 0.15) is 0 Å². The lowest BCUT2D eigenvalue weighted by Crippen LogP contribution is -2.30. The second-order valence-corrected chi connectivity index (χ2v) is 3.14. The van der Waals surface area contributed by atoms with E-state index in [0.717, 1.165) is 4.90 Å². The largest absolute Gasteiger partial charge is 0.478 e. The van der Waals surface area contributed by atoms with Gasteiger partial charge in [-0.25, -0.2) is 4.79 Å². The van der Waals surface area contributed by atoms with Gasteiger partial charge >= 0.3 is 5.97 Å². The van der Waals surface area contributed by atoms with Crippen LogP contribution in [0.3, 0.4) is 0 Å². The molecule has 1 aliphatic heterocycles. The molecule has 0 fully saturated rings. The van der Waals surface area contributed by atoms with E-state index in [0.29, 0.717) is 6.42 Å². The van der Waals surface area contributed by atoms with E-state index in [4.69, 9.17) is 5.11 Å². The van der Waals surface area contributed by atoms with E-state index in [-0.39, 0.29) is 23.9 Å². The molecule has 15 heavy (non-hydrogen) atoms. The highest BCUT2D eigenvalue weighted by atomic mass is 16.4. The molecule has 0 spiro atoms. The summed E-state index contributed by atoms with van der Waals surface area (Å²) in [6, 6.07) is 0. The van der Waals surface area contributed by atoms with Gasteiger partial charge in [-0.3, -0.25) is 14.5 Å². The van der Waals surface area contributed by atoms with Gasteiger partial charge in [0.05, 0.1) is 0 Å². The molecule has 0 unspecified atom stereocenters. The second kappa shape index (κ2) is 4.54. The molecule has 0 atom stereocenters. The highest BCUT2D eigenvalue weighted by Gasteiger charge is 2.21. The van der Waals surface area contributed by atoms with E-state index < -0.39 is 5.97 Å². The van der Waals surface area contributed by atoms with Crippen LogP contribution in [0.5, 0.6) is 0 Å². The molecule has 1 rings (SSSR count). The van der Waals surface area contributed by atoms with Crippen LogP contribution >= 0.6 is 0 Å². The van der Waals surface area contributed by atoms with Crippen LogP contribution in [0.25, 0.3) is 0 Å². The molecule has 1 aliphatic rings. The molecule has 0 saturated heterocycles. The zero-order valence-corrected chi connectivity index (χ0v) is 8.27. The predicted molar refractivity (Wildman–Crippen MR) is 51.9 cm³/mol. The fourth-order valence-corrected chi connectivity index (χ4v) is 1.15. The zero-order chi connectivity index (χ0) is 11.4. The van der Waals surface area contributed by atoms with Crippen molar-refractivity contribution < 1.29 is 19.5 Å². The van der Waals surface area contributed by atoms with Crippen LogP contribution < -0.4 is 0 Å². The average molecular weight is 209 g/mol. The van der Waals surface area contributed by atoms with Crippen molar-refractivity contribution in [2.24, 2.45) is 0 Å². The van der Waals surface area contributed by atoms with Crippen LogP contribution in [0.2, 0.25) is 0 Å². The average Bonchev–Trinajstić information content (AvgIpc) is 2.48. The first-order chi connectivity index (χ1) is 7.02. The lowest BCUT2D eigenvalue weighted by Gasteiger charge is -2.11. The Morgan fingerprint density at radius 2 is 1.93 bits per heavy atom. The fraction of sp³-hybridized carbons (Fsp3) is 0.300. The highest BCUT2D eigenvalue weighted by molar-refractivity contribution is 6.12. The van der Waals surface area contributed by atoms with Crippen molar-refractivity contribution in [3.05, 3.63) is 23.8 Å². The number of imide groups is 1. The van der Waals surface area contributed by atoms with Gasteiger partial charge in [0, 0.05) is 24.3 Å². The number of hydrogen-bond donors (Lipinski definition) is 1. The van der Waals surface area contributed by atoms with Gasteiger partial charge in [0.2, 0.25) is 0 Å². The van der Waals surface area contributed by atoms with Crippen LogP contribution in [0, 0.1) is 0 Å². The standard InChI is InChI=1S/C10H11NO4/c1-7(10(14)15)3-2-6-11-8(12)4-5-9(11)13/h3-5H,2,6H2,1H3,(H,14,15). The summed E-state index contributed by atoms with van der Waals surface area (Å²) in [6.45, 7) is 1.68.